The van der Waals surface area contributed by atoms with Crippen molar-refractivity contribution in [2.24, 2.45) is 11.8 Å². The number of halogens is 2. The molecule has 2 rings (SSSR count). The van der Waals surface area contributed by atoms with Crippen LogP contribution in [0, 0.1) is 11.8 Å². The van der Waals surface area contributed by atoms with Crippen LogP contribution in [0.4, 0.5) is 0 Å². The van der Waals surface area contributed by atoms with Crippen molar-refractivity contribution in [1.29, 1.82) is 0 Å². The maximum absolute atomic E-state index is 13.2. The van der Waals surface area contributed by atoms with E-state index < -0.39 is 10.0 Å². The normalized spacial score (nSPS) is 12.2. The first-order chi connectivity index (χ1) is 13.5. The van der Waals surface area contributed by atoms with Crippen LogP contribution in [0.25, 0.3) is 0 Å². The van der Waals surface area contributed by atoms with Crippen molar-refractivity contribution >= 4 is 50.5 Å². The van der Waals surface area contributed by atoms with Gasteiger partial charge in [0.25, 0.3) is 5.91 Å². The number of aromatic nitrogens is 1. The monoisotopic (exact) mass is 477 g/mol. The van der Waals surface area contributed by atoms with Gasteiger partial charge in [-0.1, -0.05) is 50.9 Å². The molecule has 0 unspecified atom stereocenters. The molecule has 0 aliphatic carbocycles. The van der Waals surface area contributed by atoms with E-state index in [4.69, 9.17) is 23.2 Å². The summed E-state index contributed by atoms with van der Waals surface area (Å²) in [5.74, 6) is 0.139. The number of nitrogens with one attached hydrogen (secondary N) is 1. The molecule has 6 nitrogen and oxygen atoms in total. The first kappa shape index (κ1) is 24.1. The van der Waals surface area contributed by atoms with E-state index in [-0.39, 0.29) is 45.5 Å². The number of benzene rings is 1. The van der Waals surface area contributed by atoms with Crippen molar-refractivity contribution in [3.8, 4) is 0 Å². The quantitative estimate of drug-likeness (QED) is 0.568. The molecular weight excluding hydrogens is 453 g/mol. The van der Waals surface area contributed by atoms with Gasteiger partial charge < -0.3 is 5.32 Å². The van der Waals surface area contributed by atoms with E-state index in [1.54, 1.807) is 11.4 Å². The number of sulfonamides is 1. The highest BCUT2D eigenvalue weighted by atomic mass is 35.5. The molecule has 1 heterocycles. The minimum absolute atomic E-state index is 0.0428. The van der Waals surface area contributed by atoms with Crippen LogP contribution in [0.2, 0.25) is 10.0 Å². The molecule has 0 saturated carbocycles. The molecule has 0 saturated heterocycles. The van der Waals surface area contributed by atoms with Crippen molar-refractivity contribution in [2.75, 3.05) is 13.1 Å². The molecule has 160 valence electrons. The Labute approximate surface area is 186 Å². The number of carbonyl (C=O) groups is 1. The summed E-state index contributed by atoms with van der Waals surface area (Å²) in [6.07, 6.45) is 0. The molecule has 2 aromatic rings. The van der Waals surface area contributed by atoms with Crippen LogP contribution in [0.15, 0.2) is 28.5 Å². The van der Waals surface area contributed by atoms with Crippen LogP contribution in [-0.4, -0.2) is 36.7 Å². The van der Waals surface area contributed by atoms with Crippen molar-refractivity contribution < 1.29 is 13.2 Å². The van der Waals surface area contributed by atoms with Crippen LogP contribution in [0.3, 0.4) is 0 Å². The van der Waals surface area contributed by atoms with Crippen molar-refractivity contribution in [2.45, 2.75) is 39.1 Å². The Morgan fingerprint density at radius 1 is 1.21 bits per heavy atom. The average molecular weight is 478 g/mol. The summed E-state index contributed by atoms with van der Waals surface area (Å²) in [7, 11) is -3.90. The Balaban J connectivity index is 2.28. The Kier molecular flexibility index (Phi) is 8.48. The van der Waals surface area contributed by atoms with E-state index in [2.05, 4.69) is 10.3 Å². The smallest absolute Gasteiger partial charge is 0.270 e. The Bertz CT molecular complexity index is 959. The third-order valence-electron chi connectivity index (χ3n) is 3.85. The molecule has 10 heteroatoms. The second kappa shape index (κ2) is 10.2. The van der Waals surface area contributed by atoms with Gasteiger partial charge in [0.15, 0.2) is 0 Å². The topological polar surface area (TPSA) is 79.4 Å². The van der Waals surface area contributed by atoms with Gasteiger partial charge in [-0.3, -0.25) is 4.79 Å². The highest BCUT2D eigenvalue weighted by Gasteiger charge is 2.29. The fourth-order valence-electron chi connectivity index (χ4n) is 2.49. The summed E-state index contributed by atoms with van der Waals surface area (Å²) in [5.41, 5.74) is 0.285. The lowest BCUT2D eigenvalue weighted by Gasteiger charge is -2.23. The lowest BCUT2D eigenvalue weighted by Crippen LogP contribution is -2.34. The summed E-state index contributed by atoms with van der Waals surface area (Å²) >= 11 is 13.4. The zero-order valence-corrected chi connectivity index (χ0v) is 19.9. The van der Waals surface area contributed by atoms with E-state index in [1.165, 1.54) is 27.8 Å². The second-order valence-corrected chi connectivity index (χ2v) is 11.2. The highest BCUT2D eigenvalue weighted by molar-refractivity contribution is 7.89. The summed E-state index contributed by atoms with van der Waals surface area (Å²) in [6.45, 7) is 8.73. The number of amides is 1. The van der Waals surface area contributed by atoms with Crippen molar-refractivity contribution in [3.05, 3.63) is 44.3 Å². The fraction of sp³-hybridized carbons (Fsp3) is 0.474. The third kappa shape index (κ3) is 6.65. The van der Waals surface area contributed by atoms with Gasteiger partial charge in [0.1, 0.15) is 15.6 Å². The third-order valence-corrected chi connectivity index (χ3v) is 7.21. The molecular formula is C19H25Cl2N3O3S2. The van der Waals surface area contributed by atoms with E-state index in [1.807, 2.05) is 27.7 Å². The molecule has 0 aliphatic heterocycles. The van der Waals surface area contributed by atoms with E-state index in [0.29, 0.717) is 17.5 Å². The minimum Gasteiger partial charge on any atom is -0.350 e. The summed E-state index contributed by atoms with van der Waals surface area (Å²) in [5, 5.41) is 5.37. The summed E-state index contributed by atoms with van der Waals surface area (Å²) in [6, 6.07) is 4.35. The van der Waals surface area contributed by atoms with Gasteiger partial charge in [-0.05, 0) is 30.0 Å². The number of rotatable bonds is 9. The predicted molar refractivity (Wildman–Crippen MR) is 118 cm³/mol. The SMILES string of the molecule is CC(C)CNC(=O)c1csc(CN(CC(C)C)S(=O)(=O)c2cc(Cl)ccc2Cl)n1. The minimum atomic E-state index is -3.90. The molecule has 0 bridgehead atoms. The zero-order chi connectivity index (χ0) is 21.8. The molecule has 0 atom stereocenters. The molecule has 1 amide bonds. The number of nitrogens with zero attached hydrogens (tertiary/aromatic N) is 2. The van der Waals surface area contributed by atoms with Crippen LogP contribution < -0.4 is 5.32 Å². The number of hydrogen-bond donors (Lipinski definition) is 1. The van der Waals surface area contributed by atoms with Crippen molar-refractivity contribution in [1.82, 2.24) is 14.6 Å². The predicted octanol–water partition coefficient (Wildman–Crippen LogP) is 4.68. The van der Waals surface area contributed by atoms with Crippen LogP contribution in [-0.2, 0) is 16.6 Å². The summed E-state index contributed by atoms with van der Waals surface area (Å²) in [4.78, 5) is 16.5. The van der Waals surface area contributed by atoms with Gasteiger partial charge in [-0.15, -0.1) is 11.3 Å². The van der Waals surface area contributed by atoms with Crippen LogP contribution in [0.5, 0.6) is 0 Å². The summed E-state index contributed by atoms with van der Waals surface area (Å²) < 4.78 is 27.8. The number of carbonyl (C=O) groups excluding carboxylic acids is 1. The molecule has 0 fully saturated rings. The first-order valence-electron chi connectivity index (χ1n) is 9.18. The van der Waals surface area contributed by atoms with E-state index in [9.17, 15) is 13.2 Å². The molecule has 1 N–H and O–H groups in total. The fourth-order valence-corrected chi connectivity index (χ4v) is 5.67. The van der Waals surface area contributed by atoms with Gasteiger partial charge in [0.05, 0.1) is 11.6 Å². The second-order valence-electron chi connectivity index (χ2n) is 7.50. The number of thiazole rings is 1. The van der Waals surface area contributed by atoms with Crippen molar-refractivity contribution in [3.63, 3.8) is 0 Å². The Morgan fingerprint density at radius 2 is 1.90 bits per heavy atom. The molecule has 0 radical (unpaired) electrons. The maximum Gasteiger partial charge on any atom is 0.270 e. The van der Waals surface area contributed by atoms with Gasteiger partial charge in [-0.2, -0.15) is 4.31 Å². The average Bonchev–Trinajstić information content (AvgIpc) is 3.09. The lowest BCUT2D eigenvalue weighted by molar-refractivity contribution is 0.0944. The highest BCUT2D eigenvalue weighted by Crippen LogP contribution is 2.29. The molecule has 1 aromatic heterocycles. The van der Waals surface area contributed by atoms with Crippen LogP contribution >= 0.6 is 34.5 Å². The Morgan fingerprint density at radius 3 is 2.52 bits per heavy atom. The lowest BCUT2D eigenvalue weighted by atomic mass is 10.2. The Hall–Kier alpha value is -1.19. The van der Waals surface area contributed by atoms with Gasteiger partial charge in [0.2, 0.25) is 10.0 Å². The molecule has 1 aromatic carbocycles. The van der Waals surface area contributed by atoms with Gasteiger partial charge >= 0.3 is 0 Å². The molecule has 29 heavy (non-hydrogen) atoms. The van der Waals surface area contributed by atoms with Gasteiger partial charge in [-0.25, -0.2) is 13.4 Å². The standard InChI is InChI=1S/C19H25Cl2N3O3S2/c1-12(2)8-22-19(25)16-11-28-18(23-16)10-24(9-13(3)4)29(26,27)17-7-14(20)5-6-15(17)21/h5-7,11-13H,8-10H2,1-4H3,(H,22,25). The first-order valence-corrected chi connectivity index (χ1v) is 12.3. The van der Waals surface area contributed by atoms with E-state index in [0.717, 1.165) is 0 Å². The van der Waals surface area contributed by atoms with E-state index >= 15 is 0 Å². The van der Waals surface area contributed by atoms with Gasteiger partial charge in [0, 0.05) is 23.5 Å². The number of hydrogen-bond acceptors (Lipinski definition) is 5. The maximum atomic E-state index is 13.2. The molecule has 0 spiro atoms. The van der Waals surface area contributed by atoms with Crippen LogP contribution in [0.1, 0.15) is 43.2 Å². The largest absolute Gasteiger partial charge is 0.350 e. The molecule has 0 aliphatic rings. The zero-order valence-electron chi connectivity index (χ0n) is 16.8.